The van der Waals surface area contributed by atoms with Crippen molar-refractivity contribution < 1.29 is 19.1 Å². The van der Waals surface area contributed by atoms with Crippen molar-refractivity contribution in [2.24, 2.45) is 0 Å². The van der Waals surface area contributed by atoms with Crippen molar-refractivity contribution in [3.63, 3.8) is 0 Å². The maximum atomic E-state index is 13.6. The van der Waals surface area contributed by atoms with E-state index < -0.39 is 17.0 Å². The molecule has 1 aromatic rings. The second-order valence-electron chi connectivity index (χ2n) is 3.55. The van der Waals surface area contributed by atoms with Crippen molar-refractivity contribution >= 4 is 23.5 Å². The quantitative estimate of drug-likeness (QED) is 0.650. The minimum Gasteiger partial charge on any atom is -0.480 e. The van der Waals surface area contributed by atoms with Crippen LogP contribution in [0.3, 0.4) is 0 Å². The summed E-state index contributed by atoms with van der Waals surface area (Å²) < 4.78 is 13.6. The number of thioether (sulfide) groups is 1. The van der Waals surface area contributed by atoms with Gasteiger partial charge in [0.1, 0.15) is 11.1 Å². The first kappa shape index (κ1) is 13.7. The van der Waals surface area contributed by atoms with E-state index in [1.807, 2.05) is 0 Å². The molecular weight excluding hydrogens is 243 g/mol. The van der Waals surface area contributed by atoms with Gasteiger partial charge in [-0.05, 0) is 25.5 Å². The lowest BCUT2D eigenvalue weighted by Gasteiger charge is -2.10. The molecule has 1 unspecified atom stereocenters. The maximum Gasteiger partial charge on any atom is 0.316 e. The summed E-state index contributed by atoms with van der Waals surface area (Å²) in [5, 5.41) is 8.20. The number of ketones is 1. The minimum absolute atomic E-state index is 0.217. The van der Waals surface area contributed by atoms with E-state index in [-0.39, 0.29) is 16.2 Å². The van der Waals surface area contributed by atoms with Crippen LogP contribution in [0.4, 0.5) is 4.39 Å². The number of halogens is 1. The summed E-state index contributed by atoms with van der Waals surface area (Å²) in [6, 6.07) is 4.09. The lowest BCUT2D eigenvalue weighted by Crippen LogP contribution is -2.15. The summed E-state index contributed by atoms with van der Waals surface area (Å²) in [6.07, 6.45) is 0.411. The second kappa shape index (κ2) is 5.82. The topological polar surface area (TPSA) is 54.4 Å². The number of hydrogen-bond donors (Lipinski definition) is 1. The highest BCUT2D eigenvalue weighted by atomic mass is 32.2. The van der Waals surface area contributed by atoms with Crippen LogP contribution in [0.2, 0.25) is 0 Å². The summed E-state index contributed by atoms with van der Waals surface area (Å²) >= 11 is 0.958. The van der Waals surface area contributed by atoms with Gasteiger partial charge < -0.3 is 5.11 Å². The fourth-order valence-electron chi connectivity index (χ4n) is 1.28. The van der Waals surface area contributed by atoms with E-state index in [4.69, 9.17) is 5.11 Å². The third-order valence-corrected chi connectivity index (χ3v) is 3.66. The largest absolute Gasteiger partial charge is 0.480 e. The zero-order valence-corrected chi connectivity index (χ0v) is 10.4. The van der Waals surface area contributed by atoms with Gasteiger partial charge in [0.2, 0.25) is 0 Å². The van der Waals surface area contributed by atoms with Crippen molar-refractivity contribution in [2.75, 3.05) is 0 Å². The van der Waals surface area contributed by atoms with Gasteiger partial charge in [0.25, 0.3) is 0 Å². The van der Waals surface area contributed by atoms with Crippen LogP contribution in [0.1, 0.15) is 30.6 Å². The molecule has 0 fully saturated rings. The van der Waals surface area contributed by atoms with E-state index in [1.165, 1.54) is 19.1 Å². The van der Waals surface area contributed by atoms with Crippen LogP contribution in [0, 0.1) is 5.82 Å². The highest BCUT2D eigenvalue weighted by molar-refractivity contribution is 8.00. The molecular formula is C12H13FO3S. The number of hydrogen-bond acceptors (Lipinski definition) is 3. The van der Waals surface area contributed by atoms with E-state index in [2.05, 4.69) is 0 Å². The smallest absolute Gasteiger partial charge is 0.316 e. The van der Waals surface area contributed by atoms with Crippen LogP contribution in [-0.2, 0) is 4.79 Å². The Morgan fingerprint density at radius 3 is 2.53 bits per heavy atom. The third-order valence-electron chi connectivity index (χ3n) is 2.25. The molecule has 92 valence electrons. The molecule has 1 rings (SSSR count). The fourth-order valence-corrected chi connectivity index (χ4v) is 2.17. The van der Waals surface area contributed by atoms with Crippen molar-refractivity contribution in [1.29, 1.82) is 0 Å². The van der Waals surface area contributed by atoms with Crippen LogP contribution in [-0.4, -0.2) is 22.1 Å². The molecule has 1 N–H and O–H groups in total. The van der Waals surface area contributed by atoms with Crippen molar-refractivity contribution in [3.8, 4) is 0 Å². The molecule has 0 bridgehead atoms. The SMILES string of the molecule is CCC(Sc1ccc(C(C)=O)cc1F)C(=O)O. The molecule has 3 nitrogen and oxygen atoms in total. The number of carbonyl (C=O) groups is 2. The Kier molecular flexibility index (Phi) is 4.69. The number of rotatable bonds is 5. The lowest BCUT2D eigenvalue weighted by atomic mass is 10.1. The van der Waals surface area contributed by atoms with E-state index >= 15 is 0 Å². The van der Waals surface area contributed by atoms with Crippen LogP contribution in [0.15, 0.2) is 23.1 Å². The Bertz CT molecular complexity index is 445. The number of carboxylic acid groups (broad SMARTS) is 1. The maximum absolute atomic E-state index is 13.6. The van der Waals surface area contributed by atoms with E-state index in [0.29, 0.717) is 6.42 Å². The Morgan fingerprint density at radius 2 is 2.12 bits per heavy atom. The summed E-state index contributed by atoms with van der Waals surface area (Å²) in [4.78, 5) is 22.1. The normalized spacial score (nSPS) is 12.2. The van der Waals surface area contributed by atoms with Crippen molar-refractivity contribution in [2.45, 2.75) is 30.4 Å². The lowest BCUT2D eigenvalue weighted by molar-refractivity contribution is -0.136. The third kappa shape index (κ3) is 3.56. The van der Waals surface area contributed by atoms with E-state index in [0.717, 1.165) is 17.8 Å². The first-order chi connectivity index (χ1) is 7.95. The van der Waals surface area contributed by atoms with E-state index in [9.17, 15) is 14.0 Å². The molecule has 1 atom stereocenters. The molecule has 1 aromatic carbocycles. The average Bonchev–Trinajstić information content (AvgIpc) is 2.26. The average molecular weight is 256 g/mol. The van der Waals surface area contributed by atoms with Gasteiger partial charge in [0.15, 0.2) is 5.78 Å². The fraction of sp³-hybridized carbons (Fsp3) is 0.333. The monoisotopic (exact) mass is 256 g/mol. The molecule has 0 aliphatic carbocycles. The molecule has 0 saturated heterocycles. The minimum atomic E-state index is -0.965. The van der Waals surface area contributed by atoms with Gasteiger partial charge in [-0.1, -0.05) is 13.0 Å². The summed E-state index contributed by atoms with van der Waals surface area (Å²) in [6.45, 7) is 3.08. The highest BCUT2D eigenvalue weighted by Gasteiger charge is 2.18. The second-order valence-corrected chi connectivity index (χ2v) is 4.80. The zero-order valence-electron chi connectivity index (χ0n) is 9.57. The van der Waals surface area contributed by atoms with Gasteiger partial charge in [-0.15, -0.1) is 11.8 Å². The van der Waals surface area contributed by atoms with Gasteiger partial charge in [-0.3, -0.25) is 9.59 Å². The number of carboxylic acids is 1. The van der Waals surface area contributed by atoms with Crippen LogP contribution in [0.5, 0.6) is 0 Å². The van der Waals surface area contributed by atoms with Crippen LogP contribution in [0.25, 0.3) is 0 Å². The Labute approximate surface area is 103 Å². The van der Waals surface area contributed by atoms with Crippen molar-refractivity contribution in [3.05, 3.63) is 29.6 Å². The van der Waals surface area contributed by atoms with Gasteiger partial charge in [-0.2, -0.15) is 0 Å². The molecule has 0 heterocycles. The Balaban J connectivity index is 2.93. The number of benzene rings is 1. The molecule has 0 spiro atoms. The molecule has 17 heavy (non-hydrogen) atoms. The van der Waals surface area contributed by atoms with Crippen molar-refractivity contribution in [1.82, 2.24) is 0 Å². The first-order valence-electron chi connectivity index (χ1n) is 5.15. The zero-order chi connectivity index (χ0) is 13.0. The number of carbonyl (C=O) groups excluding carboxylic acids is 1. The molecule has 0 aromatic heterocycles. The summed E-state index contributed by atoms with van der Waals surface area (Å²) in [5.41, 5.74) is 0.287. The van der Waals surface area contributed by atoms with Crippen LogP contribution >= 0.6 is 11.8 Å². The Morgan fingerprint density at radius 1 is 1.47 bits per heavy atom. The summed E-state index contributed by atoms with van der Waals surface area (Å²) in [7, 11) is 0. The predicted molar refractivity (Wildman–Crippen MR) is 64.0 cm³/mol. The standard InChI is InChI=1S/C12H13FO3S/c1-3-10(12(15)16)17-11-5-4-8(7(2)14)6-9(11)13/h4-6,10H,3H2,1-2H3,(H,15,16). The van der Waals surface area contributed by atoms with E-state index in [1.54, 1.807) is 6.92 Å². The molecule has 0 aliphatic heterocycles. The van der Waals surface area contributed by atoms with Crippen LogP contribution < -0.4 is 0 Å². The van der Waals surface area contributed by atoms with Gasteiger partial charge in [-0.25, -0.2) is 4.39 Å². The molecule has 0 radical (unpaired) electrons. The van der Waals surface area contributed by atoms with Gasteiger partial charge in [0.05, 0.1) is 0 Å². The molecule has 5 heteroatoms. The highest BCUT2D eigenvalue weighted by Crippen LogP contribution is 2.28. The summed E-state index contributed by atoms with van der Waals surface area (Å²) in [5.74, 6) is -1.74. The molecule has 0 aliphatic rings. The first-order valence-corrected chi connectivity index (χ1v) is 6.03. The molecule has 0 saturated carbocycles. The van der Waals surface area contributed by atoms with Gasteiger partial charge >= 0.3 is 5.97 Å². The number of aliphatic carboxylic acids is 1. The van der Waals surface area contributed by atoms with Gasteiger partial charge in [0, 0.05) is 10.5 Å². The Hall–Kier alpha value is -1.36. The predicted octanol–water partition coefficient (Wildman–Crippen LogP) is 2.98. The molecule has 0 amide bonds. The number of Topliss-reactive ketones (excluding diaryl/α,β-unsaturated/α-hetero) is 1.